The molecule has 2 heterocycles. The van der Waals surface area contributed by atoms with Crippen molar-refractivity contribution in [3.05, 3.63) is 54.6 Å². The smallest absolute Gasteiger partial charge is 0.145 e. The largest absolute Gasteiger partial charge is 0.455 e. The van der Waals surface area contributed by atoms with Gasteiger partial charge in [-0.2, -0.15) is 0 Å². The molecule has 0 spiro atoms. The predicted molar refractivity (Wildman–Crippen MR) is 88.5 cm³/mol. The van der Waals surface area contributed by atoms with Crippen LogP contribution in [0.15, 0.2) is 59.0 Å². The van der Waals surface area contributed by atoms with Crippen molar-refractivity contribution in [3.63, 3.8) is 0 Å². The molecule has 2 radical (unpaired) electrons. The van der Waals surface area contributed by atoms with Crippen LogP contribution in [-0.4, -0.2) is 12.8 Å². The first kappa shape index (κ1) is 11.0. The molecule has 0 fully saturated rings. The summed E-state index contributed by atoms with van der Waals surface area (Å²) in [6.07, 6.45) is 0. The predicted octanol–water partition coefficient (Wildman–Crippen LogP) is 4.01. The lowest BCUT2D eigenvalue weighted by Gasteiger charge is -1.94. The Kier molecular flexibility index (Phi) is 1.94. The van der Waals surface area contributed by atoms with Crippen molar-refractivity contribution >= 4 is 57.1 Å². The number of furan rings is 1. The van der Waals surface area contributed by atoms with Crippen LogP contribution in [-0.2, 0) is 0 Å². The van der Waals surface area contributed by atoms with E-state index in [-0.39, 0.29) is 0 Å². The van der Waals surface area contributed by atoms with Crippen LogP contribution in [0.4, 0.5) is 0 Å². The summed E-state index contributed by atoms with van der Waals surface area (Å²) in [5.74, 6) is 0. The van der Waals surface area contributed by atoms with Crippen molar-refractivity contribution in [3.8, 4) is 0 Å². The molecule has 0 amide bonds. The number of rotatable bonds is 0. The molecule has 0 saturated carbocycles. The van der Waals surface area contributed by atoms with E-state index in [1.54, 1.807) is 0 Å². The Bertz CT molecular complexity index is 1150. The summed E-state index contributed by atoms with van der Waals surface area (Å²) in [6, 6.07) is 18.3. The normalized spacial score (nSPS) is 12.0. The maximum atomic E-state index is 6.11. The second-order valence-electron chi connectivity index (χ2n) is 5.39. The number of aromatic amines is 1. The molecule has 5 rings (SSSR count). The molecule has 0 saturated heterocycles. The summed E-state index contributed by atoms with van der Waals surface area (Å²) in [5.41, 5.74) is 4.73. The number of para-hydroxylation sites is 1. The number of nitrogens with one attached hydrogen (secondary N) is 1. The van der Waals surface area contributed by atoms with E-state index in [4.69, 9.17) is 12.3 Å². The zero-order valence-corrected chi connectivity index (χ0v) is 11.2. The van der Waals surface area contributed by atoms with Gasteiger partial charge in [0, 0.05) is 21.7 Å². The van der Waals surface area contributed by atoms with Crippen LogP contribution in [0.25, 0.3) is 43.7 Å². The minimum Gasteiger partial charge on any atom is -0.455 e. The minimum atomic E-state index is 0.759. The fourth-order valence-electron chi connectivity index (χ4n) is 3.19. The first-order valence-corrected chi connectivity index (χ1v) is 6.92. The maximum absolute atomic E-state index is 6.11. The van der Waals surface area contributed by atoms with Gasteiger partial charge in [-0.1, -0.05) is 35.8 Å². The van der Waals surface area contributed by atoms with Crippen LogP contribution in [0.3, 0.4) is 0 Å². The fraction of sp³-hybridized carbons (Fsp3) is 0. The van der Waals surface area contributed by atoms with Crippen LogP contribution < -0.4 is 5.46 Å². The molecule has 0 bridgehead atoms. The number of hydrogen-bond acceptors (Lipinski definition) is 1. The summed E-state index contributed by atoms with van der Waals surface area (Å²) in [6.45, 7) is 0. The van der Waals surface area contributed by atoms with Crippen LogP contribution in [0.1, 0.15) is 0 Å². The Morgan fingerprint density at radius 1 is 0.810 bits per heavy atom. The Hall–Kier alpha value is -2.68. The van der Waals surface area contributed by atoms with Crippen molar-refractivity contribution in [1.82, 2.24) is 4.98 Å². The molecule has 1 N–H and O–H groups in total. The van der Waals surface area contributed by atoms with Crippen LogP contribution in [0, 0.1) is 0 Å². The van der Waals surface area contributed by atoms with Gasteiger partial charge in [0.15, 0.2) is 0 Å². The highest BCUT2D eigenvalue weighted by Crippen LogP contribution is 2.37. The van der Waals surface area contributed by atoms with Gasteiger partial charge >= 0.3 is 0 Å². The fourth-order valence-corrected chi connectivity index (χ4v) is 3.19. The van der Waals surface area contributed by atoms with Gasteiger partial charge < -0.3 is 9.40 Å². The molecule has 96 valence electrons. The van der Waals surface area contributed by atoms with E-state index in [9.17, 15) is 0 Å². The molecule has 3 aromatic carbocycles. The first-order valence-electron chi connectivity index (χ1n) is 6.92. The van der Waals surface area contributed by atoms with E-state index >= 15 is 0 Å². The van der Waals surface area contributed by atoms with Gasteiger partial charge in [0.1, 0.15) is 19.0 Å². The van der Waals surface area contributed by atoms with Gasteiger partial charge in [-0.3, -0.25) is 0 Å². The molecule has 5 aromatic rings. The quantitative estimate of drug-likeness (QED) is 0.422. The standard InChI is InChI=1S/C18H10BNO/c19-10-5-6-13-15(9-10)20-14-8-7-12-11-3-1-2-4-16(11)21-18(12)17(13)14/h1-9,20H. The second-order valence-corrected chi connectivity index (χ2v) is 5.39. The molecule has 3 heteroatoms. The monoisotopic (exact) mass is 267 g/mol. The first-order chi connectivity index (χ1) is 10.3. The van der Waals surface area contributed by atoms with E-state index in [1.165, 1.54) is 0 Å². The van der Waals surface area contributed by atoms with E-state index < -0.39 is 0 Å². The summed E-state index contributed by atoms with van der Waals surface area (Å²) in [5, 5.41) is 4.57. The Labute approximate surface area is 121 Å². The number of benzene rings is 3. The van der Waals surface area contributed by atoms with Gasteiger partial charge in [0.2, 0.25) is 0 Å². The summed E-state index contributed by atoms with van der Waals surface area (Å²) in [4.78, 5) is 3.42. The third-order valence-corrected chi connectivity index (χ3v) is 4.13. The lowest BCUT2D eigenvalue weighted by atomic mass is 9.95. The average molecular weight is 267 g/mol. The van der Waals surface area contributed by atoms with Crippen LogP contribution in [0.5, 0.6) is 0 Å². The summed E-state index contributed by atoms with van der Waals surface area (Å²) >= 11 is 0. The van der Waals surface area contributed by atoms with E-state index in [2.05, 4.69) is 29.2 Å². The third-order valence-electron chi connectivity index (χ3n) is 4.13. The number of hydrogen-bond donors (Lipinski definition) is 1. The topological polar surface area (TPSA) is 28.9 Å². The van der Waals surface area contributed by atoms with Gasteiger partial charge in [0.05, 0.1) is 10.9 Å². The van der Waals surface area contributed by atoms with E-state index in [0.29, 0.717) is 0 Å². The highest BCUT2D eigenvalue weighted by atomic mass is 16.3. The summed E-state index contributed by atoms with van der Waals surface area (Å²) in [7, 11) is 5.88. The maximum Gasteiger partial charge on any atom is 0.145 e. The summed E-state index contributed by atoms with van der Waals surface area (Å²) < 4.78 is 6.11. The molecule has 0 aliphatic heterocycles. The third kappa shape index (κ3) is 1.38. The SMILES string of the molecule is [B]c1ccc2c(c1)[nH]c1ccc3c4ccccc4oc3c12. The number of aromatic nitrogens is 1. The number of fused-ring (bicyclic) bond motifs is 7. The Balaban J connectivity index is 2.09. The zero-order valence-electron chi connectivity index (χ0n) is 11.2. The molecular formula is C18H10BNO. The second kappa shape index (κ2) is 3.70. The molecule has 0 unspecified atom stereocenters. The molecule has 0 aliphatic carbocycles. The lowest BCUT2D eigenvalue weighted by molar-refractivity contribution is 0.673. The highest BCUT2D eigenvalue weighted by Gasteiger charge is 2.13. The van der Waals surface area contributed by atoms with Crippen molar-refractivity contribution < 1.29 is 4.42 Å². The molecule has 2 aromatic heterocycles. The van der Waals surface area contributed by atoms with Crippen molar-refractivity contribution in [2.75, 3.05) is 0 Å². The van der Waals surface area contributed by atoms with Gasteiger partial charge in [-0.25, -0.2) is 0 Å². The molecular weight excluding hydrogens is 257 g/mol. The van der Waals surface area contributed by atoms with E-state index in [0.717, 1.165) is 49.2 Å². The highest BCUT2D eigenvalue weighted by molar-refractivity contribution is 6.34. The Morgan fingerprint density at radius 3 is 2.62 bits per heavy atom. The molecule has 21 heavy (non-hydrogen) atoms. The van der Waals surface area contributed by atoms with E-state index in [1.807, 2.05) is 30.3 Å². The Morgan fingerprint density at radius 2 is 1.67 bits per heavy atom. The van der Waals surface area contributed by atoms with Crippen molar-refractivity contribution in [2.24, 2.45) is 0 Å². The lowest BCUT2D eigenvalue weighted by Crippen LogP contribution is -1.98. The molecule has 0 atom stereocenters. The van der Waals surface area contributed by atoms with Crippen molar-refractivity contribution in [2.45, 2.75) is 0 Å². The van der Waals surface area contributed by atoms with Gasteiger partial charge in [-0.15, -0.1) is 0 Å². The van der Waals surface area contributed by atoms with Crippen molar-refractivity contribution in [1.29, 1.82) is 0 Å². The minimum absolute atomic E-state index is 0.759. The average Bonchev–Trinajstić information content (AvgIpc) is 3.03. The van der Waals surface area contributed by atoms with Gasteiger partial charge in [0.25, 0.3) is 0 Å². The molecule has 0 aliphatic rings. The zero-order chi connectivity index (χ0) is 14.0. The van der Waals surface area contributed by atoms with Crippen LogP contribution in [0.2, 0.25) is 0 Å². The van der Waals surface area contributed by atoms with Gasteiger partial charge in [-0.05, 0) is 24.3 Å². The molecule has 2 nitrogen and oxygen atoms in total. The number of H-pyrrole nitrogens is 1. The van der Waals surface area contributed by atoms with Crippen LogP contribution >= 0.6 is 0 Å².